The molecule has 3 N–H and O–H groups in total. The number of anilines is 1. The Labute approximate surface area is 158 Å². The molecule has 0 amide bonds. The van der Waals surface area contributed by atoms with Gasteiger partial charge in [-0.1, -0.05) is 56.3 Å². The summed E-state index contributed by atoms with van der Waals surface area (Å²) in [6, 6.07) is 16.3. The van der Waals surface area contributed by atoms with E-state index >= 15 is 0 Å². The Morgan fingerprint density at radius 2 is 1.78 bits per heavy atom. The zero-order chi connectivity index (χ0) is 18.8. The van der Waals surface area contributed by atoms with Gasteiger partial charge < -0.3 is 15.4 Å². The van der Waals surface area contributed by atoms with E-state index in [9.17, 15) is 5.11 Å². The predicted molar refractivity (Wildman–Crippen MR) is 109 cm³/mol. The molecule has 1 unspecified atom stereocenters. The molecule has 5 nitrogen and oxygen atoms in total. The van der Waals surface area contributed by atoms with Crippen molar-refractivity contribution in [2.24, 2.45) is 0 Å². The van der Waals surface area contributed by atoms with Crippen molar-refractivity contribution < 1.29 is 5.11 Å². The molecule has 5 heteroatoms. The van der Waals surface area contributed by atoms with Crippen molar-refractivity contribution in [3.63, 3.8) is 0 Å². The van der Waals surface area contributed by atoms with Gasteiger partial charge in [-0.3, -0.25) is 0 Å². The summed E-state index contributed by atoms with van der Waals surface area (Å²) in [5, 5.41) is 22.5. The second-order valence-electron chi connectivity index (χ2n) is 6.25. The number of hydrogen-bond donors (Lipinski definition) is 3. The van der Waals surface area contributed by atoms with E-state index in [1.807, 2.05) is 50.5 Å². The summed E-state index contributed by atoms with van der Waals surface area (Å²) in [5.74, 6) is 0. The number of aromatic amines is 1. The van der Waals surface area contributed by atoms with E-state index < -0.39 is 0 Å². The Hall–Kier alpha value is -3.18. The molecule has 0 radical (unpaired) electrons. The number of aliphatic hydroxyl groups excluding tert-OH is 1. The Morgan fingerprint density at radius 3 is 2.56 bits per heavy atom. The van der Waals surface area contributed by atoms with E-state index in [4.69, 9.17) is 0 Å². The maximum atomic E-state index is 9.30. The first-order valence-corrected chi connectivity index (χ1v) is 9.23. The highest BCUT2D eigenvalue weighted by atomic mass is 16.3. The summed E-state index contributed by atoms with van der Waals surface area (Å²) in [7, 11) is 0. The molecule has 0 aliphatic carbocycles. The van der Waals surface area contributed by atoms with Crippen LogP contribution in [0.4, 0.5) is 5.69 Å². The standard InChI is InChI=1S/C20H16N4O.C2H6/c25-11-12-5-7-13(8-6-12)19-16-9-21-20-18(16)15(10-22-24-20)14-3-1-2-4-17(14)23-19;1-2/h1-10,19,23,25H,11H2,(H,21,24);1-2H3. The van der Waals surface area contributed by atoms with Gasteiger partial charge in [0.25, 0.3) is 0 Å². The third kappa shape index (κ3) is 2.86. The van der Waals surface area contributed by atoms with Crippen LogP contribution in [-0.4, -0.2) is 20.3 Å². The van der Waals surface area contributed by atoms with Crippen LogP contribution in [0.3, 0.4) is 0 Å². The van der Waals surface area contributed by atoms with E-state index in [0.717, 1.165) is 44.5 Å². The average Bonchev–Trinajstić information content (AvgIpc) is 3.11. The monoisotopic (exact) mass is 358 g/mol. The van der Waals surface area contributed by atoms with Gasteiger partial charge in [0.1, 0.15) is 0 Å². The van der Waals surface area contributed by atoms with Gasteiger partial charge in [0, 0.05) is 34.0 Å². The lowest BCUT2D eigenvalue weighted by Crippen LogP contribution is -2.11. The second-order valence-corrected chi connectivity index (χ2v) is 6.25. The molecule has 1 aliphatic heterocycles. The number of rotatable bonds is 2. The summed E-state index contributed by atoms with van der Waals surface area (Å²) in [4.78, 5) is 3.25. The largest absolute Gasteiger partial charge is 0.392 e. The normalized spacial score (nSPS) is 14.6. The Kier molecular flexibility index (Phi) is 4.60. The van der Waals surface area contributed by atoms with Crippen LogP contribution in [0.5, 0.6) is 0 Å². The summed E-state index contributed by atoms with van der Waals surface area (Å²) in [5.41, 5.74) is 7.26. The lowest BCUT2D eigenvalue weighted by atomic mass is 9.97. The van der Waals surface area contributed by atoms with Crippen LogP contribution < -0.4 is 5.32 Å². The summed E-state index contributed by atoms with van der Waals surface area (Å²) in [6.45, 7) is 4.05. The van der Waals surface area contributed by atoms with Crippen LogP contribution >= 0.6 is 0 Å². The van der Waals surface area contributed by atoms with Crippen LogP contribution in [0.2, 0.25) is 0 Å². The van der Waals surface area contributed by atoms with E-state index in [0.29, 0.717) is 0 Å². The molecule has 27 heavy (non-hydrogen) atoms. The quantitative estimate of drug-likeness (QED) is 0.487. The van der Waals surface area contributed by atoms with Crippen LogP contribution in [-0.2, 0) is 6.61 Å². The Morgan fingerprint density at radius 1 is 1.00 bits per heavy atom. The van der Waals surface area contributed by atoms with E-state index in [2.05, 4.69) is 44.8 Å². The molecule has 0 saturated heterocycles. The number of para-hydroxylation sites is 1. The zero-order valence-electron chi connectivity index (χ0n) is 15.4. The van der Waals surface area contributed by atoms with Gasteiger partial charge in [0.15, 0.2) is 5.65 Å². The highest BCUT2D eigenvalue weighted by Gasteiger charge is 2.26. The molecule has 2 aromatic heterocycles. The molecule has 0 spiro atoms. The molecule has 0 bridgehead atoms. The first-order valence-electron chi connectivity index (χ1n) is 9.23. The molecule has 4 aromatic rings. The zero-order valence-corrected chi connectivity index (χ0v) is 15.4. The number of nitrogens with one attached hydrogen (secondary N) is 2. The molecule has 0 fully saturated rings. The number of benzene rings is 2. The molecular weight excluding hydrogens is 336 g/mol. The van der Waals surface area contributed by atoms with Gasteiger partial charge in [0.2, 0.25) is 0 Å². The van der Waals surface area contributed by atoms with Crippen molar-refractivity contribution in [2.75, 3.05) is 5.32 Å². The Bertz CT molecular complexity index is 1070. The van der Waals surface area contributed by atoms with Crippen molar-refractivity contribution in [1.29, 1.82) is 0 Å². The van der Waals surface area contributed by atoms with Gasteiger partial charge in [-0.2, -0.15) is 5.10 Å². The van der Waals surface area contributed by atoms with Crippen molar-refractivity contribution >= 4 is 16.7 Å². The molecule has 3 heterocycles. The maximum Gasteiger partial charge on any atom is 0.160 e. The number of fused-ring (bicyclic) bond motifs is 2. The molecule has 1 atom stereocenters. The van der Waals surface area contributed by atoms with Gasteiger partial charge in [0.05, 0.1) is 18.8 Å². The molecular formula is C22H22N4O. The summed E-state index contributed by atoms with van der Waals surface area (Å²) < 4.78 is 0. The minimum Gasteiger partial charge on any atom is -0.392 e. The van der Waals surface area contributed by atoms with E-state index in [1.165, 1.54) is 0 Å². The number of hydrogen-bond acceptors (Lipinski definition) is 4. The van der Waals surface area contributed by atoms with Crippen molar-refractivity contribution in [2.45, 2.75) is 26.5 Å². The summed E-state index contributed by atoms with van der Waals surface area (Å²) in [6.07, 6.45) is 3.84. The van der Waals surface area contributed by atoms with Gasteiger partial charge >= 0.3 is 0 Å². The molecule has 2 aromatic carbocycles. The predicted octanol–water partition coefficient (Wildman–Crippen LogP) is 4.66. The number of aromatic nitrogens is 3. The van der Waals surface area contributed by atoms with Crippen LogP contribution in [0.1, 0.15) is 36.6 Å². The van der Waals surface area contributed by atoms with Crippen LogP contribution in [0.25, 0.3) is 22.2 Å². The van der Waals surface area contributed by atoms with Crippen molar-refractivity contribution in [3.8, 4) is 11.1 Å². The molecule has 5 rings (SSSR count). The minimum absolute atomic E-state index is 0.00640. The van der Waals surface area contributed by atoms with Gasteiger partial charge in [-0.15, -0.1) is 5.10 Å². The summed E-state index contributed by atoms with van der Waals surface area (Å²) >= 11 is 0. The first kappa shape index (κ1) is 17.2. The van der Waals surface area contributed by atoms with Gasteiger partial charge in [-0.25, -0.2) is 0 Å². The first-order chi connectivity index (χ1) is 13.3. The fourth-order valence-electron chi connectivity index (χ4n) is 3.59. The molecule has 136 valence electrons. The average molecular weight is 358 g/mol. The SMILES string of the molecule is CC.OCc1ccc(C2Nc3ccccc3-c3cnnc4[nH]cc2c34)cc1. The number of nitrogens with zero attached hydrogens (tertiary/aromatic N) is 2. The third-order valence-electron chi connectivity index (χ3n) is 4.83. The minimum atomic E-state index is -0.00640. The third-order valence-corrected chi connectivity index (χ3v) is 4.83. The highest BCUT2D eigenvalue weighted by molar-refractivity contribution is 6.00. The highest BCUT2D eigenvalue weighted by Crippen LogP contribution is 2.42. The van der Waals surface area contributed by atoms with Crippen LogP contribution in [0.15, 0.2) is 60.9 Å². The number of H-pyrrole nitrogens is 1. The Balaban J connectivity index is 0.000000872. The smallest absolute Gasteiger partial charge is 0.160 e. The fraction of sp³-hybridized carbons (Fsp3) is 0.182. The second kappa shape index (κ2) is 7.21. The van der Waals surface area contributed by atoms with Gasteiger partial charge in [-0.05, 0) is 17.2 Å². The van der Waals surface area contributed by atoms with Crippen LogP contribution in [0, 0.1) is 0 Å². The van der Waals surface area contributed by atoms with Crippen molar-refractivity contribution in [3.05, 3.63) is 77.6 Å². The van der Waals surface area contributed by atoms with Crippen molar-refractivity contribution in [1.82, 2.24) is 15.2 Å². The van der Waals surface area contributed by atoms with E-state index in [1.54, 1.807) is 0 Å². The molecule has 1 aliphatic rings. The maximum absolute atomic E-state index is 9.30. The number of aliphatic hydroxyl groups is 1. The topological polar surface area (TPSA) is 73.8 Å². The van der Waals surface area contributed by atoms with E-state index in [-0.39, 0.29) is 12.6 Å². The molecule has 0 saturated carbocycles. The lowest BCUT2D eigenvalue weighted by Gasteiger charge is -2.19. The lowest BCUT2D eigenvalue weighted by molar-refractivity contribution is 0.282. The fourth-order valence-corrected chi connectivity index (χ4v) is 3.59.